The molecule has 0 bridgehead atoms. The standard InChI is InChI=1S/C30H24N10O2S2/c43-29-37-35-27(21-9-13-31-14-10-21)39(29)33-19-23-5-1-3-7-25(23)41-17-18-42-26-8-4-2-6-24(26)20-34-40-28(36-38-30(40)44)22-11-15-32-16-12-22/h1-16,19-20H,17-18H2,(H,37,43)(H,38,44)/b33-19+,34-20+. The van der Waals surface area contributed by atoms with Crippen LogP contribution >= 0.6 is 24.4 Å². The first-order chi connectivity index (χ1) is 21.7. The van der Waals surface area contributed by atoms with Gasteiger partial charge in [0.1, 0.15) is 24.7 Å². The molecule has 0 aliphatic rings. The van der Waals surface area contributed by atoms with Crippen LogP contribution in [0.25, 0.3) is 22.8 Å². The van der Waals surface area contributed by atoms with Gasteiger partial charge in [0, 0.05) is 47.0 Å². The average molecular weight is 621 g/mol. The molecule has 0 aliphatic heterocycles. The van der Waals surface area contributed by atoms with Crippen molar-refractivity contribution < 1.29 is 9.47 Å². The van der Waals surface area contributed by atoms with Crippen LogP contribution in [0.3, 0.4) is 0 Å². The van der Waals surface area contributed by atoms with Crippen molar-refractivity contribution in [2.45, 2.75) is 0 Å². The molecule has 2 N–H and O–H groups in total. The Morgan fingerprint density at radius 2 is 1.02 bits per heavy atom. The Balaban J connectivity index is 1.12. The lowest BCUT2D eigenvalue weighted by Gasteiger charge is -2.11. The van der Waals surface area contributed by atoms with E-state index in [2.05, 4.69) is 40.6 Å². The Labute approximate surface area is 261 Å². The number of benzene rings is 2. The van der Waals surface area contributed by atoms with Gasteiger partial charge in [-0.3, -0.25) is 9.97 Å². The largest absolute Gasteiger partial charge is 0.489 e. The van der Waals surface area contributed by atoms with E-state index in [4.69, 9.17) is 33.9 Å². The van der Waals surface area contributed by atoms with E-state index in [-0.39, 0.29) is 0 Å². The van der Waals surface area contributed by atoms with Gasteiger partial charge in [0.2, 0.25) is 9.54 Å². The average Bonchev–Trinajstić information content (AvgIpc) is 3.63. The van der Waals surface area contributed by atoms with Crippen LogP contribution in [0.5, 0.6) is 11.5 Å². The lowest BCUT2D eigenvalue weighted by Crippen LogP contribution is -2.11. The van der Waals surface area contributed by atoms with Gasteiger partial charge in [-0.1, -0.05) is 24.3 Å². The van der Waals surface area contributed by atoms with Crippen molar-refractivity contribution >= 4 is 36.9 Å². The lowest BCUT2D eigenvalue weighted by atomic mass is 10.2. The van der Waals surface area contributed by atoms with E-state index < -0.39 is 0 Å². The molecule has 0 aliphatic carbocycles. The maximum absolute atomic E-state index is 6.06. The quantitative estimate of drug-likeness (QED) is 0.109. The summed E-state index contributed by atoms with van der Waals surface area (Å²) in [5, 5.41) is 23.3. The van der Waals surface area contributed by atoms with Crippen LogP contribution in [-0.4, -0.2) is 65.4 Å². The molecule has 0 fully saturated rings. The minimum absolute atomic E-state index is 0.294. The fourth-order valence-corrected chi connectivity index (χ4v) is 4.51. The molecule has 4 heterocycles. The Morgan fingerprint density at radius 3 is 1.45 bits per heavy atom. The molecule has 0 radical (unpaired) electrons. The maximum Gasteiger partial charge on any atom is 0.216 e. The van der Waals surface area contributed by atoms with Gasteiger partial charge in [0.05, 0.1) is 12.4 Å². The van der Waals surface area contributed by atoms with Gasteiger partial charge < -0.3 is 9.47 Å². The number of hydrogen-bond acceptors (Lipinski definition) is 10. The van der Waals surface area contributed by atoms with Gasteiger partial charge in [-0.05, 0) is 73.0 Å². The second kappa shape index (κ2) is 13.6. The minimum Gasteiger partial charge on any atom is -0.489 e. The van der Waals surface area contributed by atoms with E-state index in [9.17, 15) is 0 Å². The highest BCUT2D eigenvalue weighted by Crippen LogP contribution is 2.21. The van der Waals surface area contributed by atoms with Crippen LogP contribution in [0, 0.1) is 9.54 Å². The highest BCUT2D eigenvalue weighted by Gasteiger charge is 2.10. The Kier molecular flexibility index (Phi) is 8.80. The summed E-state index contributed by atoms with van der Waals surface area (Å²) in [7, 11) is 0. The molecular formula is C30H24N10O2S2. The summed E-state index contributed by atoms with van der Waals surface area (Å²) in [4.78, 5) is 8.11. The molecule has 0 amide bonds. The molecule has 2 aromatic carbocycles. The molecule has 6 aromatic rings. The van der Waals surface area contributed by atoms with E-state index in [0.717, 1.165) is 22.3 Å². The summed E-state index contributed by atoms with van der Waals surface area (Å²) in [6.45, 7) is 0.589. The van der Waals surface area contributed by atoms with Crippen molar-refractivity contribution in [3.63, 3.8) is 0 Å². The third-order valence-corrected chi connectivity index (χ3v) is 6.77. The van der Waals surface area contributed by atoms with Crippen LogP contribution in [0.15, 0.2) is 108 Å². The number of aromatic nitrogens is 8. The first-order valence-electron chi connectivity index (χ1n) is 13.4. The normalized spacial score (nSPS) is 11.4. The highest BCUT2D eigenvalue weighted by atomic mass is 32.1. The molecule has 0 saturated carbocycles. The van der Waals surface area contributed by atoms with Crippen LogP contribution < -0.4 is 9.47 Å². The first kappa shape index (κ1) is 28.5. The summed E-state index contributed by atoms with van der Waals surface area (Å²) >= 11 is 10.8. The van der Waals surface area contributed by atoms with Crippen molar-refractivity contribution in [2.75, 3.05) is 13.2 Å². The maximum atomic E-state index is 6.06. The minimum atomic E-state index is 0.294. The number of pyridine rings is 2. The number of rotatable bonds is 11. The number of nitrogens with one attached hydrogen (secondary N) is 2. The predicted molar refractivity (Wildman–Crippen MR) is 171 cm³/mol. The van der Waals surface area contributed by atoms with Gasteiger partial charge in [0.25, 0.3) is 0 Å². The fraction of sp³-hybridized carbons (Fsp3) is 0.0667. The molecule has 0 spiro atoms. The monoisotopic (exact) mass is 620 g/mol. The molecule has 0 saturated heterocycles. The lowest BCUT2D eigenvalue weighted by molar-refractivity contribution is 0.217. The smallest absolute Gasteiger partial charge is 0.216 e. The number of hydrogen-bond donors (Lipinski definition) is 2. The van der Waals surface area contributed by atoms with Crippen LogP contribution in [0.1, 0.15) is 11.1 Å². The molecule has 218 valence electrons. The van der Waals surface area contributed by atoms with E-state index in [1.165, 1.54) is 0 Å². The second-order valence-electron chi connectivity index (χ2n) is 9.06. The van der Waals surface area contributed by atoms with Crippen molar-refractivity contribution in [1.29, 1.82) is 0 Å². The molecular weight excluding hydrogens is 597 g/mol. The third-order valence-electron chi connectivity index (χ3n) is 6.24. The van der Waals surface area contributed by atoms with E-state index in [1.54, 1.807) is 46.6 Å². The second-order valence-corrected chi connectivity index (χ2v) is 9.84. The summed E-state index contributed by atoms with van der Waals surface area (Å²) in [6.07, 6.45) is 10.1. The molecule has 14 heteroatoms. The van der Waals surface area contributed by atoms with Crippen molar-refractivity contribution in [3.05, 3.63) is 118 Å². The topological polar surface area (TPSA) is 136 Å². The Bertz CT molecular complexity index is 1890. The third kappa shape index (κ3) is 6.56. The van der Waals surface area contributed by atoms with Gasteiger partial charge in [0.15, 0.2) is 11.6 Å². The van der Waals surface area contributed by atoms with E-state index in [1.807, 2.05) is 72.8 Å². The number of ether oxygens (including phenoxy) is 2. The summed E-state index contributed by atoms with van der Waals surface area (Å²) in [5.74, 6) is 2.44. The summed E-state index contributed by atoms with van der Waals surface area (Å²) in [6, 6.07) is 22.5. The molecule has 44 heavy (non-hydrogen) atoms. The molecule has 0 unspecified atom stereocenters. The number of nitrogens with zero attached hydrogens (tertiary/aromatic N) is 8. The van der Waals surface area contributed by atoms with Crippen LogP contribution in [0.2, 0.25) is 0 Å². The van der Waals surface area contributed by atoms with Gasteiger partial charge >= 0.3 is 0 Å². The van der Waals surface area contributed by atoms with Gasteiger partial charge in [-0.2, -0.15) is 29.8 Å². The zero-order valence-electron chi connectivity index (χ0n) is 23.0. The Morgan fingerprint density at radius 1 is 0.614 bits per heavy atom. The van der Waals surface area contributed by atoms with Crippen LogP contribution in [0.4, 0.5) is 0 Å². The predicted octanol–water partition coefficient (Wildman–Crippen LogP) is 5.54. The molecule has 0 atom stereocenters. The van der Waals surface area contributed by atoms with Crippen molar-refractivity contribution in [1.82, 2.24) is 39.7 Å². The fourth-order valence-electron chi connectivity index (χ4n) is 4.15. The first-order valence-corrected chi connectivity index (χ1v) is 14.2. The summed E-state index contributed by atoms with van der Waals surface area (Å²) in [5.41, 5.74) is 3.20. The Hall–Kier alpha value is -5.60. The summed E-state index contributed by atoms with van der Waals surface area (Å²) < 4.78 is 16.0. The zero-order valence-corrected chi connectivity index (χ0v) is 24.7. The number of para-hydroxylation sites is 2. The number of aromatic amines is 2. The molecule has 12 nitrogen and oxygen atoms in total. The molecule has 6 rings (SSSR count). The van der Waals surface area contributed by atoms with Gasteiger partial charge in [-0.15, -0.1) is 0 Å². The highest BCUT2D eigenvalue weighted by molar-refractivity contribution is 7.71. The van der Waals surface area contributed by atoms with Crippen molar-refractivity contribution in [2.24, 2.45) is 10.2 Å². The molecule has 4 aromatic heterocycles. The number of H-pyrrole nitrogens is 2. The van der Waals surface area contributed by atoms with Crippen molar-refractivity contribution in [3.8, 4) is 34.3 Å². The van der Waals surface area contributed by atoms with E-state index >= 15 is 0 Å². The zero-order chi connectivity index (χ0) is 30.1. The SMILES string of the molecule is S=c1[nH]nc(-c2ccncc2)n1/N=C/c1ccccc1OCCOc1ccccc1/C=N/n1c(-c2ccncc2)n[nH]c1=S. The van der Waals surface area contributed by atoms with E-state index in [0.29, 0.717) is 45.9 Å². The van der Waals surface area contributed by atoms with Crippen LogP contribution in [-0.2, 0) is 0 Å². The van der Waals surface area contributed by atoms with Gasteiger partial charge in [-0.25, -0.2) is 10.2 Å².